The van der Waals surface area contributed by atoms with Crippen molar-refractivity contribution in [2.75, 3.05) is 5.32 Å². The van der Waals surface area contributed by atoms with E-state index in [2.05, 4.69) is 12.2 Å². The van der Waals surface area contributed by atoms with E-state index in [0.717, 1.165) is 29.7 Å². The third kappa shape index (κ3) is 3.29. The van der Waals surface area contributed by atoms with Crippen molar-refractivity contribution >= 4 is 51.4 Å². The van der Waals surface area contributed by atoms with E-state index in [9.17, 15) is 9.59 Å². The highest BCUT2D eigenvalue weighted by Crippen LogP contribution is 2.39. The van der Waals surface area contributed by atoms with E-state index < -0.39 is 11.8 Å². The highest BCUT2D eigenvalue weighted by atomic mass is 35.5. The van der Waals surface area contributed by atoms with Gasteiger partial charge in [-0.25, -0.2) is 0 Å². The van der Waals surface area contributed by atoms with Gasteiger partial charge in [-0.05, 0) is 48.9 Å². The topological polar surface area (TPSA) is 72.2 Å². The number of carbonyl (C=O) groups is 2. The van der Waals surface area contributed by atoms with Gasteiger partial charge < -0.3 is 11.1 Å². The van der Waals surface area contributed by atoms with Crippen LogP contribution >= 0.6 is 34.5 Å². The van der Waals surface area contributed by atoms with Crippen molar-refractivity contribution < 1.29 is 9.59 Å². The van der Waals surface area contributed by atoms with Crippen LogP contribution in [0, 0.1) is 5.92 Å². The molecule has 0 saturated carbocycles. The number of primary amides is 1. The Labute approximate surface area is 153 Å². The Kier molecular flexibility index (Phi) is 4.85. The predicted molar refractivity (Wildman–Crippen MR) is 98.4 cm³/mol. The zero-order chi connectivity index (χ0) is 17.4. The monoisotopic (exact) mass is 382 g/mol. The average Bonchev–Trinajstić information content (AvgIpc) is 2.86. The molecule has 0 bridgehead atoms. The van der Waals surface area contributed by atoms with Crippen LogP contribution in [0.15, 0.2) is 18.2 Å². The number of fused-ring (bicyclic) bond motifs is 1. The zero-order valence-corrected chi connectivity index (χ0v) is 15.3. The molecule has 0 aliphatic heterocycles. The zero-order valence-electron chi connectivity index (χ0n) is 13.0. The number of nitrogens with one attached hydrogen (secondary N) is 1. The highest BCUT2D eigenvalue weighted by Gasteiger charge is 2.27. The summed E-state index contributed by atoms with van der Waals surface area (Å²) in [6, 6.07) is 4.68. The number of carbonyl (C=O) groups excluding carboxylic acids is 2. The van der Waals surface area contributed by atoms with E-state index in [1.54, 1.807) is 12.1 Å². The van der Waals surface area contributed by atoms with Gasteiger partial charge in [0.15, 0.2) is 0 Å². The maximum atomic E-state index is 12.5. The van der Waals surface area contributed by atoms with Crippen LogP contribution in [0.25, 0.3) is 0 Å². The number of rotatable bonds is 3. The highest BCUT2D eigenvalue weighted by molar-refractivity contribution is 7.17. The summed E-state index contributed by atoms with van der Waals surface area (Å²) in [7, 11) is 0. The molecule has 3 rings (SSSR count). The van der Waals surface area contributed by atoms with Gasteiger partial charge in [0.25, 0.3) is 11.8 Å². The van der Waals surface area contributed by atoms with Crippen LogP contribution in [0.1, 0.15) is 44.5 Å². The van der Waals surface area contributed by atoms with Gasteiger partial charge in [0.2, 0.25) is 0 Å². The molecule has 0 radical (unpaired) electrons. The van der Waals surface area contributed by atoms with E-state index in [0.29, 0.717) is 26.5 Å². The first-order chi connectivity index (χ1) is 11.4. The second-order valence-corrected chi connectivity index (χ2v) is 7.95. The smallest absolute Gasteiger partial charge is 0.257 e. The van der Waals surface area contributed by atoms with Crippen molar-refractivity contribution in [3.8, 4) is 0 Å². The van der Waals surface area contributed by atoms with Gasteiger partial charge in [0.1, 0.15) is 5.00 Å². The first-order valence-electron chi connectivity index (χ1n) is 7.57. The van der Waals surface area contributed by atoms with E-state index in [4.69, 9.17) is 28.9 Å². The van der Waals surface area contributed by atoms with Crippen LogP contribution < -0.4 is 11.1 Å². The second kappa shape index (κ2) is 6.75. The van der Waals surface area contributed by atoms with Crippen molar-refractivity contribution in [3.63, 3.8) is 0 Å². The lowest BCUT2D eigenvalue weighted by molar-refractivity contribution is 0.1000. The van der Waals surface area contributed by atoms with Crippen molar-refractivity contribution in [2.45, 2.75) is 26.2 Å². The molecule has 4 nitrogen and oxygen atoms in total. The molecule has 3 N–H and O–H groups in total. The first-order valence-corrected chi connectivity index (χ1v) is 9.14. The molecule has 1 heterocycles. The van der Waals surface area contributed by atoms with Crippen LogP contribution in [-0.4, -0.2) is 11.8 Å². The minimum atomic E-state index is -0.519. The summed E-state index contributed by atoms with van der Waals surface area (Å²) in [4.78, 5) is 25.6. The molecule has 1 aliphatic carbocycles. The van der Waals surface area contributed by atoms with E-state index in [1.165, 1.54) is 17.4 Å². The average molecular weight is 383 g/mol. The molecule has 1 unspecified atom stereocenters. The number of hydrogen-bond donors (Lipinski definition) is 2. The molecule has 7 heteroatoms. The Bertz CT molecular complexity index is 832. The minimum Gasteiger partial charge on any atom is -0.365 e. The summed E-state index contributed by atoms with van der Waals surface area (Å²) in [6.45, 7) is 2.15. The fraction of sp³-hybridized carbons (Fsp3) is 0.294. The number of hydrogen-bond acceptors (Lipinski definition) is 3. The lowest BCUT2D eigenvalue weighted by atomic mass is 9.87. The Balaban J connectivity index is 1.97. The summed E-state index contributed by atoms with van der Waals surface area (Å²) in [5.74, 6) is -0.429. The standard InChI is InChI=1S/C17H16Cl2N2O2S/c1-8-2-5-13-11(6-8)14(15(20)22)17(24-13)21-16(23)10-7-9(18)3-4-12(10)19/h3-4,7-8H,2,5-6H2,1H3,(H2,20,22)(H,21,23). The minimum absolute atomic E-state index is 0.263. The molecular weight excluding hydrogens is 367 g/mol. The first kappa shape index (κ1) is 17.3. The molecule has 0 fully saturated rings. The maximum absolute atomic E-state index is 12.5. The SMILES string of the molecule is CC1CCc2sc(NC(=O)c3cc(Cl)ccc3Cl)c(C(N)=O)c2C1. The fourth-order valence-corrected chi connectivity index (χ4v) is 4.57. The van der Waals surface area contributed by atoms with E-state index in [1.807, 2.05) is 0 Å². The van der Waals surface area contributed by atoms with Crippen LogP contribution in [-0.2, 0) is 12.8 Å². The quantitative estimate of drug-likeness (QED) is 0.817. The number of halogens is 2. The number of aryl methyl sites for hydroxylation is 1. The summed E-state index contributed by atoms with van der Waals surface area (Å²) < 4.78 is 0. The summed E-state index contributed by atoms with van der Waals surface area (Å²) in [6.07, 6.45) is 2.77. The number of amides is 2. The number of anilines is 1. The van der Waals surface area contributed by atoms with E-state index >= 15 is 0 Å². The largest absolute Gasteiger partial charge is 0.365 e. The Morgan fingerprint density at radius 3 is 2.79 bits per heavy atom. The van der Waals surface area contributed by atoms with Gasteiger partial charge in [-0.3, -0.25) is 9.59 Å². The molecular formula is C17H16Cl2N2O2S. The van der Waals surface area contributed by atoms with Gasteiger partial charge in [0.05, 0.1) is 16.1 Å². The lowest BCUT2D eigenvalue weighted by Crippen LogP contribution is -2.20. The van der Waals surface area contributed by atoms with Crippen molar-refractivity contribution in [1.82, 2.24) is 0 Å². The molecule has 0 saturated heterocycles. The molecule has 1 aliphatic rings. The van der Waals surface area contributed by atoms with Crippen molar-refractivity contribution in [2.24, 2.45) is 11.7 Å². The second-order valence-electron chi connectivity index (χ2n) is 6.00. The Morgan fingerprint density at radius 1 is 1.33 bits per heavy atom. The van der Waals surface area contributed by atoms with E-state index in [-0.39, 0.29) is 5.56 Å². The Hall–Kier alpha value is -1.56. The van der Waals surface area contributed by atoms with Gasteiger partial charge in [-0.2, -0.15) is 0 Å². The van der Waals surface area contributed by atoms with Gasteiger partial charge in [-0.15, -0.1) is 11.3 Å². The van der Waals surface area contributed by atoms with Crippen LogP contribution in [0.5, 0.6) is 0 Å². The van der Waals surface area contributed by atoms with Gasteiger partial charge in [-0.1, -0.05) is 30.1 Å². The van der Waals surface area contributed by atoms with Crippen LogP contribution in [0.3, 0.4) is 0 Å². The number of benzene rings is 1. The number of thiophene rings is 1. The molecule has 24 heavy (non-hydrogen) atoms. The molecule has 1 aromatic heterocycles. The predicted octanol–water partition coefficient (Wildman–Crippen LogP) is 4.53. The summed E-state index contributed by atoms with van der Waals surface area (Å²) >= 11 is 13.4. The molecule has 1 aromatic carbocycles. The number of nitrogens with two attached hydrogens (primary N) is 1. The Morgan fingerprint density at radius 2 is 2.08 bits per heavy atom. The third-order valence-corrected chi connectivity index (χ3v) is 5.93. The molecule has 0 spiro atoms. The van der Waals surface area contributed by atoms with Gasteiger partial charge in [0, 0.05) is 9.90 Å². The van der Waals surface area contributed by atoms with Crippen LogP contribution in [0.2, 0.25) is 10.0 Å². The maximum Gasteiger partial charge on any atom is 0.257 e. The van der Waals surface area contributed by atoms with Crippen LogP contribution in [0.4, 0.5) is 5.00 Å². The molecule has 1 atom stereocenters. The molecule has 2 aromatic rings. The summed E-state index contributed by atoms with van der Waals surface area (Å²) in [5, 5.41) is 3.99. The lowest BCUT2D eigenvalue weighted by Gasteiger charge is -2.18. The van der Waals surface area contributed by atoms with Crippen molar-refractivity contribution in [3.05, 3.63) is 49.8 Å². The molecule has 126 valence electrons. The van der Waals surface area contributed by atoms with Gasteiger partial charge >= 0.3 is 0 Å². The normalized spacial score (nSPS) is 16.5. The fourth-order valence-electron chi connectivity index (χ4n) is 2.95. The molecule has 2 amide bonds. The summed E-state index contributed by atoms with van der Waals surface area (Å²) in [5.41, 5.74) is 7.22. The third-order valence-electron chi connectivity index (χ3n) is 4.15. The van der Waals surface area contributed by atoms with Crippen molar-refractivity contribution in [1.29, 1.82) is 0 Å².